The van der Waals surface area contributed by atoms with E-state index in [9.17, 15) is 0 Å². The maximum absolute atomic E-state index is 3.07. The van der Waals surface area contributed by atoms with Crippen molar-refractivity contribution in [1.29, 1.82) is 0 Å². The molecule has 2 nitrogen and oxygen atoms in total. The number of hydrogen-bond acceptors (Lipinski definition) is 2. The molecule has 0 aromatic heterocycles. The Labute approximate surface area is 55.6 Å². The van der Waals surface area contributed by atoms with E-state index in [-0.39, 0.29) is 0 Å². The van der Waals surface area contributed by atoms with Crippen LogP contribution in [0.4, 0.5) is 0 Å². The number of hydrazine groups is 1. The molecule has 0 aliphatic carbocycles. The van der Waals surface area contributed by atoms with E-state index in [1.165, 1.54) is 0 Å². The summed E-state index contributed by atoms with van der Waals surface area (Å²) in [6.45, 7) is 1.92. The topological polar surface area (TPSA) is 24.1 Å². The van der Waals surface area contributed by atoms with E-state index in [2.05, 4.69) is 35.2 Å². The Morgan fingerprint density at radius 1 is 1.00 bits per heavy atom. The summed E-state index contributed by atoms with van der Waals surface area (Å²) in [5, 5.41) is 0. The zero-order valence-electron chi connectivity index (χ0n) is 5.43. The molecule has 1 rings (SSSR count). The number of nitrogens with one attached hydrogen (secondary N) is 2. The Hall–Kier alpha value is -0.600. The van der Waals surface area contributed by atoms with Crippen molar-refractivity contribution < 1.29 is 0 Å². The highest BCUT2D eigenvalue weighted by Crippen LogP contribution is 1.83. The zero-order valence-corrected chi connectivity index (χ0v) is 5.43. The predicted octanol–water partition coefficient (Wildman–Crippen LogP) is 0.597. The van der Waals surface area contributed by atoms with Gasteiger partial charge in [0.2, 0.25) is 0 Å². The molecule has 50 valence electrons. The first-order valence-corrected chi connectivity index (χ1v) is 3.27. The molecule has 1 aliphatic rings. The zero-order chi connectivity index (χ0) is 6.36. The maximum atomic E-state index is 3.07. The van der Waals surface area contributed by atoms with Crippen molar-refractivity contribution in [3.63, 3.8) is 0 Å². The summed E-state index contributed by atoms with van der Waals surface area (Å²) in [5.41, 5.74) is 6.13. The van der Waals surface area contributed by atoms with Crippen LogP contribution in [-0.4, -0.2) is 13.1 Å². The predicted molar refractivity (Wildman–Crippen MR) is 38.9 cm³/mol. The molecule has 2 heteroatoms. The van der Waals surface area contributed by atoms with Gasteiger partial charge in [0, 0.05) is 13.1 Å². The van der Waals surface area contributed by atoms with Gasteiger partial charge in [-0.25, -0.2) is 0 Å². The summed E-state index contributed by atoms with van der Waals surface area (Å²) in [5.74, 6) is 0. The molecule has 1 aliphatic heterocycles. The first kappa shape index (κ1) is 6.52. The monoisotopic (exact) mass is 124 g/mol. The summed E-state index contributed by atoms with van der Waals surface area (Å²) in [6, 6.07) is 0. The SMILES string of the molecule is C1=C\CNNCC/C=C/1. The van der Waals surface area contributed by atoms with Gasteiger partial charge >= 0.3 is 0 Å². The van der Waals surface area contributed by atoms with Crippen LogP contribution >= 0.6 is 0 Å². The average molecular weight is 124 g/mol. The molecule has 0 saturated carbocycles. The Kier molecular flexibility index (Phi) is 3.11. The third-order valence-electron chi connectivity index (χ3n) is 1.16. The van der Waals surface area contributed by atoms with E-state index < -0.39 is 0 Å². The van der Waals surface area contributed by atoms with Crippen LogP contribution in [0.1, 0.15) is 6.42 Å². The summed E-state index contributed by atoms with van der Waals surface area (Å²) in [6.07, 6.45) is 9.46. The minimum atomic E-state index is 0.907. The molecule has 0 saturated heterocycles. The molecule has 0 spiro atoms. The molecule has 0 unspecified atom stereocenters. The third-order valence-corrected chi connectivity index (χ3v) is 1.16. The van der Waals surface area contributed by atoms with Gasteiger partial charge in [-0.2, -0.15) is 0 Å². The van der Waals surface area contributed by atoms with Crippen molar-refractivity contribution in [2.75, 3.05) is 13.1 Å². The highest BCUT2D eigenvalue weighted by atomic mass is 15.3. The standard InChI is InChI=1S/C7H12N2/c1-2-4-6-8-9-7-5-3-1/h1-4,8-9H,5-7H2/b3-1+,4-2-. The quantitative estimate of drug-likeness (QED) is 0.494. The van der Waals surface area contributed by atoms with Crippen LogP contribution in [0.2, 0.25) is 0 Å². The molecule has 0 bridgehead atoms. The van der Waals surface area contributed by atoms with Gasteiger partial charge in [-0.1, -0.05) is 24.3 Å². The van der Waals surface area contributed by atoms with Crippen molar-refractivity contribution in [1.82, 2.24) is 10.9 Å². The van der Waals surface area contributed by atoms with E-state index in [0.29, 0.717) is 0 Å². The molecule has 9 heavy (non-hydrogen) atoms. The van der Waals surface area contributed by atoms with Crippen molar-refractivity contribution in [2.45, 2.75) is 6.42 Å². The lowest BCUT2D eigenvalue weighted by molar-refractivity contribution is 0.574. The van der Waals surface area contributed by atoms with Gasteiger partial charge in [-0.3, -0.25) is 10.9 Å². The van der Waals surface area contributed by atoms with Crippen LogP contribution < -0.4 is 10.9 Å². The van der Waals surface area contributed by atoms with E-state index in [1.807, 2.05) is 0 Å². The highest BCUT2D eigenvalue weighted by Gasteiger charge is 1.82. The Morgan fingerprint density at radius 2 is 1.89 bits per heavy atom. The molecule has 0 aromatic rings. The number of hydrogen-bond donors (Lipinski definition) is 2. The van der Waals surface area contributed by atoms with Gasteiger partial charge in [0.05, 0.1) is 0 Å². The number of rotatable bonds is 0. The lowest BCUT2D eigenvalue weighted by atomic mass is 10.3. The van der Waals surface area contributed by atoms with Crippen LogP contribution in [0.3, 0.4) is 0 Å². The second-order valence-electron chi connectivity index (χ2n) is 1.95. The van der Waals surface area contributed by atoms with E-state index in [1.54, 1.807) is 0 Å². The molecule has 2 N–H and O–H groups in total. The van der Waals surface area contributed by atoms with Crippen LogP contribution in [0.25, 0.3) is 0 Å². The summed E-state index contributed by atoms with van der Waals surface area (Å²) < 4.78 is 0. The van der Waals surface area contributed by atoms with E-state index >= 15 is 0 Å². The van der Waals surface area contributed by atoms with Crippen LogP contribution in [0.5, 0.6) is 0 Å². The lowest BCUT2D eigenvalue weighted by Gasteiger charge is -1.99. The largest absolute Gasteiger partial charge is 0.257 e. The summed E-state index contributed by atoms with van der Waals surface area (Å²) in [4.78, 5) is 0. The normalized spacial score (nSPS) is 27.6. The molecule has 0 radical (unpaired) electrons. The second kappa shape index (κ2) is 4.30. The number of allylic oxidation sites excluding steroid dienone is 2. The van der Waals surface area contributed by atoms with E-state index in [4.69, 9.17) is 0 Å². The minimum Gasteiger partial charge on any atom is -0.257 e. The molecule has 0 amide bonds. The fourth-order valence-corrected chi connectivity index (χ4v) is 0.696. The second-order valence-corrected chi connectivity index (χ2v) is 1.95. The summed E-state index contributed by atoms with van der Waals surface area (Å²) in [7, 11) is 0. The van der Waals surface area contributed by atoms with Crippen LogP contribution in [0.15, 0.2) is 24.3 Å². The molecule has 0 aromatic carbocycles. The molecule has 1 heterocycles. The van der Waals surface area contributed by atoms with Crippen LogP contribution in [-0.2, 0) is 0 Å². The van der Waals surface area contributed by atoms with Gasteiger partial charge < -0.3 is 0 Å². The summed E-state index contributed by atoms with van der Waals surface area (Å²) >= 11 is 0. The van der Waals surface area contributed by atoms with Gasteiger partial charge in [0.15, 0.2) is 0 Å². The molecule has 0 fully saturated rings. The average Bonchev–Trinajstić information content (AvgIpc) is 2.00. The fraction of sp³-hybridized carbons (Fsp3) is 0.429. The Balaban J connectivity index is 2.28. The molecule has 0 atom stereocenters. The highest BCUT2D eigenvalue weighted by molar-refractivity contribution is 5.03. The lowest BCUT2D eigenvalue weighted by Crippen LogP contribution is -2.32. The van der Waals surface area contributed by atoms with Crippen molar-refractivity contribution in [2.24, 2.45) is 0 Å². The Bertz CT molecular complexity index is 102. The first-order valence-electron chi connectivity index (χ1n) is 3.27. The van der Waals surface area contributed by atoms with Gasteiger partial charge in [-0.05, 0) is 6.42 Å². The smallest absolute Gasteiger partial charge is 0.0283 e. The van der Waals surface area contributed by atoms with Crippen molar-refractivity contribution >= 4 is 0 Å². The van der Waals surface area contributed by atoms with Gasteiger partial charge in [-0.15, -0.1) is 0 Å². The Morgan fingerprint density at radius 3 is 2.89 bits per heavy atom. The van der Waals surface area contributed by atoms with Crippen molar-refractivity contribution in [3.8, 4) is 0 Å². The van der Waals surface area contributed by atoms with Gasteiger partial charge in [0.25, 0.3) is 0 Å². The van der Waals surface area contributed by atoms with E-state index in [0.717, 1.165) is 19.5 Å². The van der Waals surface area contributed by atoms with Crippen molar-refractivity contribution in [3.05, 3.63) is 24.3 Å². The fourth-order valence-electron chi connectivity index (χ4n) is 0.696. The molecular weight excluding hydrogens is 112 g/mol. The first-order chi connectivity index (χ1) is 4.50. The third kappa shape index (κ3) is 3.06. The maximum Gasteiger partial charge on any atom is 0.0283 e. The van der Waals surface area contributed by atoms with Gasteiger partial charge in [0.1, 0.15) is 0 Å². The minimum absolute atomic E-state index is 0.907. The van der Waals surface area contributed by atoms with Crippen LogP contribution in [0, 0.1) is 0 Å². The molecular formula is C7H12N2.